The minimum absolute atomic E-state index is 0.0505. The number of hydrogen-bond donors (Lipinski definition) is 1. The molecule has 2 amide bonds. The first kappa shape index (κ1) is 27.7. The monoisotopic (exact) mass is 507 g/mol. The lowest BCUT2D eigenvalue weighted by molar-refractivity contribution is -0.139. The summed E-state index contributed by atoms with van der Waals surface area (Å²) in [6.45, 7) is 9.02. The third-order valence-electron chi connectivity index (χ3n) is 5.89. The molecule has 2 rings (SSSR count). The zero-order chi connectivity index (χ0) is 25.6. The SMILES string of the molecule is CC[C@H](C)NC(=O)[C@@H](C)N(Cc1ccc(Cl)cc1)C(=O)CN(c1ccc(C)c(C)c1)S(C)(=O)=O. The molecule has 0 spiro atoms. The smallest absolute Gasteiger partial charge is 0.244 e. The van der Waals surface area contributed by atoms with Gasteiger partial charge in [0.1, 0.15) is 12.6 Å². The number of nitrogens with one attached hydrogen (secondary N) is 1. The van der Waals surface area contributed by atoms with E-state index in [-0.39, 0.29) is 18.5 Å². The first-order chi connectivity index (χ1) is 15.8. The molecular formula is C25H34ClN3O4S. The molecule has 2 aromatic rings. The number of halogens is 1. The van der Waals surface area contributed by atoms with Crippen molar-refractivity contribution < 1.29 is 18.0 Å². The molecular weight excluding hydrogens is 474 g/mol. The van der Waals surface area contributed by atoms with Gasteiger partial charge in [-0.3, -0.25) is 13.9 Å². The van der Waals surface area contributed by atoms with Crippen LogP contribution < -0.4 is 9.62 Å². The highest BCUT2D eigenvalue weighted by Crippen LogP contribution is 2.22. The summed E-state index contributed by atoms with van der Waals surface area (Å²) in [5.41, 5.74) is 3.11. The molecule has 186 valence electrons. The van der Waals surface area contributed by atoms with Gasteiger partial charge in [0.2, 0.25) is 21.8 Å². The highest BCUT2D eigenvalue weighted by molar-refractivity contribution is 7.92. The summed E-state index contributed by atoms with van der Waals surface area (Å²) in [6, 6.07) is 11.4. The molecule has 0 aliphatic heterocycles. The van der Waals surface area contributed by atoms with Crippen LogP contribution in [0.1, 0.15) is 43.9 Å². The number of amides is 2. The van der Waals surface area contributed by atoms with Crippen molar-refractivity contribution in [3.63, 3.8) is 0 Å². The van der Waals surface area contributed by atoms with Gasteiger partial charge in [0, 0.05) is 17.6 Å². The number of nitrogens with zero attached hydrogens (tertiary/aromatic N) is 2. The Bertz CT molecular complexity index is 1120. The van der Waals surface area contributed by atoms with Crippen molar-refractivity contribution in [2.45, 2.75) is 59.7 Å². The summed E-state index contributed by atoms with van der Waals surface area (Å²) in [5.74, 6) is -0.779. The second-order valence-corrected chi connectivity index (χ2v) is 11.0. The number of carbonyl (C=O) groups is 2. The van der Waals surface area contributed by atoms with Crippen LogP contribution in [0.5, 0.6) is 0 Å². The van der Waals surface area contributed by atoms with E-state index in [4.69, 9.17) is 11.6 Å². The van der Waals surface area contributed by atoms with E-state index in [0.717, 1.165) is 33.7 Å². The number of rotatable bonds is 10. The predicted octanol–water partition coefficient (Wildman–Crippen LogP) is 4.05. The van der Waals surface area contributed by atoms with Crippen LogP contribution in [-0.2, 0) is 26.2 Å². The molecule has 0 aliphatic rings. The quantitative estimate of drug-likeness (QED) is 0.525. The van der Waals surface area contributed by atoms with Gasteiger partial charge >= 0.3 is 0 Å². The second kappa shape index (κ2) is 11.7. The van der Waals surface area contributed by atoms with Gasteiger partial charge < -0.3 is 10.2 Å². The van der Waals surface area contributed by atoms with Crippen LogP contribution in [0.25, 0.3) is 0 Å². The van der Waals surface area contributed by atoms with Gasteiger partial charge in [0.15, 0.2) is 0 Å². The van der Waals surface area contributed by atoms with Crippen molar-refractivity contribution in [3.8, 4) is 0 Å². The van der Waals surface area contributed by atoms with Gasteiger partial charge in [0.05, 0.1) is 11.9 Å². The highest BCUT2D eigenvalue weighted by Gasteiger charge is 2.30. The highest BCUT2D eigenvalue weighted by atomic mass is 35.5. The van der Waals surface area contributed by atoms with Crippen LogP contribution in [0.2, 0.25) is 5.02 Å². The fraction of sp³-hybridized carbons (Fsp3) is 0.440. The van der Waals surface area contributed by atoms with Gasteiger partial charge in [-0.05, 0) is 75.1 Å². The maximum atomic E-state index is 13.5. The van der Waals surface area contributed by atoms with E-state index >= 15 is 0 Å². The molecule has 9 heteroatoms. The molecule has 0 saturated carbocycles. The van der Waals surface area contributed by atoms with Crippen molar-refractivity contribution in [2.75, 3.05) is 17.1 Å². The zero-order valence-corrected chi connectivity index (χ0v) is 22.2. The zero-order valence-electron chi connectivity index (χ0n) is 20.6. The fourth-order valence-electron chi connectivity index (χ4n) is 3.33. The normalized spacial score (nSPS) is 13.1. The van der Waals surface area contributed by atoms with E-state index < -0.39 is 28.5 Å². The molecule has 0 fully saturated rings. The standard InChI is InChI=1S/C25H34ClN3O4S/c1-7-19(4)27-25(31)20(5)28(15-21-9-11-22(26)12-10-21)24(30)16-29(34(6,32)33)23-13-8-17(2)18(3)14-23/h8-14,19-20H,7,15-16H2,1-6H3,(H,27,31)/t19-,20+/m0/s1. The van der Waals surface area contributed by atoms with Gasteiger partial charge in [-0.25, -0.2) is 8.42 Å². The molecule has 0 radical (unpaired) electrons. The van der Waals surface area contributed by atoms with Crippen LogP contribution in [0.4, 0.5) is 5.69 Å². The van der Waals surface area contributed by atoms with Gasteiger partial charge in [-0.1, -0.05) is 36.7 Å². The Kier molecular flexibility index (Phi) is 9.53. The number of hydrogen-bond acceptors (Lipinski definition) is 4. The number of benzene rings is 2. The average Bonchev–Trinajstić information content (AvgIpc) is 2.77. The Labute approximate surface area is 208 Å². The largest absolute Gasteiger partial charge is 0.352 e. The van der Waals surface area contributed by atoms with E-state index in [2.05, 4.69) is 5.32 Å². The molecule has 2 aromatic carbocycles. The molecule has 0 unspecified atom stereocenters. The minimum Gasteiger partial charge on any atom is -0.352 e. The van der Waals surface area contributed by atoms with Crippen LogP contribution in [0, 0.1) is 13.8 Å². The Morgan fingerprint density at radius 1 is 1.03 bits per heavy atom. The minimum atomic E-state index is -3.76. The van der Waals surface area contributed by atoms with Crippen molar-refractivity contribution in [2.24, 2.45) is 0 Å². The molecule has 0 saturated heterocycles. The molecule has 7 nitrogen and oxygen atoms in total. The molecule has 0 aliphatic carbocycles. The first-order valence-electron chi connectivity index (χ1n) is 11.2. The molecule has 0 bridgehead atoms. The number of aryl methyl sites for hydroxylation is 2. The van der Waals surface area contributed by atoms with Gasteiger partial charge in [-0.15, -0.1) is 0 Å². The average molecular weight is 508 g/mol. The number of anilines is 1. The summed E-state index contributed by atoms with van der Waals surface area (Å²) in [7, 11) is -3.76. The lowest BCUT2D eigenvalue weighted by Crippen LogP contribution is -2.52. The summed E-state index contributed by atoms with van der Waals surface area (Å²) < 4.78 is 26.3. The van der Waals surface area contributed by atoms with Crippen molar-refractivity contribution in [1.82, 2.24) is 10.2 Å². The Morgan fingerprint density at radius 2 is 1.65 bits per heavy atom. The van der Waals surface area contributed by atoms with Crippen LogP contribution in [0.3, 0.4) is 0 Å². The Balaban J connectivity index is 2.39. The maximum absolute atomic E-state index is 13.5. The Hall–Kier alpha value is -2.58. The fourth-order valence-corrected chi connectivity index (χ4v) is 4.30. The molecule has 0 heterocycles. The lowest BCUT2D eigenvalue weighted by Gasteiger charge is -2.32. The molecule has 0 aromatic heterocycles. The van der Waals surface area contributed by atoms with Crippen LogP contribution in [-0.4, -0.2) is 50.0 Å². The molecule has 34 heavy (non-hydrogen) atoms. The Morgan fingerprint density at radius 3 is 2.18 bits per heavy atom. The van der Waals surface area contributed by atoms with E-state index in [9.17, 15) is 18.0 Å². The third-order valence-corrected chi connectivity index (χ3v) is 7.28. The summed E-state index contributed by atoms with van der Waals surface area (Å²) >= 11 is 5.99. The lowest BCUT2D eigenvalue weighted by atomic mass is 10.1. The van der Waals surface area contributed by atoms with Crippen LogP contribution >= 0.6 is 11.6 Å². The van der Waals surface area contributed by atoms with E-state index in [1.807, 2.05) is 33.8 Å². The number of carbonyl (C=O) groups excluding carboxylic acids is 2. The maximum Gasteiger partial charge on any atom is 0.244 e. The second-order valence-electron chi connectivity index (χ2n) is 8.68. The van der Waals surface area contributed by atoms with E-state index in [0.29, 0.717) is 10.7 Å². The predicted molar refractivity (Wildman–Crippen MR) is 137 cm³/mol. The van der Waals surface area contributed by atoms with E-state index in [1.165, 1.54) is 4.90 Å². The van der Waals surface area contributed by atoms with Gasteiger partial charge in [-0.2, -0.15) is 0 Å². The topological polar surface area (TPSA) is 86.8 Å². The van der Waals surface area contributed by atoms with Crippen molar-refractivity contribution in [3.05, 3.63) is 64.2 Å². The summed E-state index contributed by atoms with van der Waals surface area (Å²) in [5, 5.41) is 3.46. The summed E-state index contributed by atoms with van der Waals surface area (Å²) in [6.07, 6.45) is 1.82. The third kappa shape index (κ3) is 7.46. The van der Waals surface area contributed by atoms with E-state index in [1.54, 1.807) is 43.3 Å². The van der Waals surface area contributed by atoms with Crippen molar-refractivity contribution >= 4 is 39.1 Å². The summed E-state index contributed by atoms with van der Waals surface area (Å²) in [4.78, 5) is 27.8. The number of sulfonamides is 1. The van der Waals surface area contributed by atoms with Crippen molar-refractivity contribution in [1.29, 1.82) is 0 Å². The molecule has 2 atom stereocenters. The molecule has 1 N–H and O–H groups in total. The van der Waals surface area contributed by atoms with Gasteiger partial charge in [0.25, 0.3) is 0 Å². The first-order valence-corrected chi connectivity index (χ1v) is 13.4. The van der Waals surface area contributed by atoms with Crippen LogP contribution in [0.15, 0.2) is 42.5 Å².